The van der Waals surface area contributed by atoms with Gasteiger partial charge in [0.25, 0.3) is 0 Å². The molecule has 19 heavy (non-hydrogen) atoms. The molecule has 0 aliphatic carbocycles. The van der Waals surface area contributed by atoms with Crippen molar-refractivity contribution >= 4 is 17.5 Å². The highest BCUT2D eigenvalue weighted by Crippen LogP contribution is 2.23. The molecule has 1 saturated heterocycles. The number of amides is 1. The van der Waals surface area contributed by atoms with Crippen LogP contribution in [-0.2, 0) is 4.79 Å². The van der Waals surface area contributed by atoms with E-state index in [0.29, 0.717) is 6.54 Å². The minimum absolute atomic E-state index is 0.145. The Labute approximate surface area is 119 Å². The summed E-state index contributed by atoms with van der Waals surface area (Å²) in [4.78, 5) is 15.5. The fraction of sp³-hybridized carbons (Fsp3) is 0.500. The molecule has 4 nitrogen and oxygen atoms in total. The van der Waals surface area contributed by atoms with Crippen LogP contribution in [0.15, 0.2) is 24.3 Å². The molecule has 1 fully saturated rings. The SMILES string of the molecule is CC(=O)N1CCN(C(CN)c2cccc(Cl)c2)CC1. The second kappa shape index (κ2) is 6.37. The van der Waals surface area contributed by atoms with Gasteiger partial charge in [-0.3, -0.25) is 9.69 Å². The molecule has 1 heterocycles. The molecule has 0 spiro atoms. The number of carbonyl (C=O) groups excluding carboxylic acids is 1. The molecule has 0 saturated carbocycles. The van der Waals surface area contributed by atoms with Crippen molar-refractivity contribution in [2.45, 2.75) is 13.0 Å². The molecule has 1 unspecified atom stereocenters. The predicted molar refractivity (Wildman–Crippen MR) is 77.1 cm³/mol. The first-order valence-corrected chi connectivity index (χ1v) is 6.94. The van der Waals surface area contributed by atoms with E-state index < -0.39 is 0 Å². The first kappa shape index (κ1) is 14.3. The van der Waals surface area contributed by atoms with Gasteiger partial charge in [0.15, 0.2) is 0 Å². The Hall–Kier alpha value is -1.10. The van der Waals surface area contributed by atoms with Gasteiger partial charge in [0.1, 0.15) is 0 Å². The number of piperazine rings is 1. The van der Waals surface area contributed by atoms with Gasteiger partial charge in [-0.2, -0.15) is 0 Å². The lowest BCUT2D eigenvalue weighted by Crippen LogP contribution is -2.50. The highest BCUT2D eigenvalue weighted by Gasteiger charge is 2.25. The normalized spacial score (nSPS) is 18.4. The van der Waals surface area contributed by atoms with Crippen LogP contribution in [0.3, 0.4) is 0 Å². The minimum Gasteiger partial charge on any atom is -0.340 e. The number of rotatable bonds is 3. The smallest absolute Gasteiger partial charge is 0.219 e. The summed E-state index contributed by atoms with van der Waals surface area (Å²) in [7, 11) is 0. The van der Waals surface area contributed by atoms with Crippen molar-refractivity contribution in [3.8, 4) is 0 Å². The lowest BCUT2D eigenvalue weighted by molar-refractivity contribution is -0.130. The summed E-state index contributed by atoms with van der Waals surface area (Å²) in [6.07, 6.45) is 0. The van der Waals surface area contributed by atoms with Gasteiger partial charge >= 0.3 is 0 Å². The molecule has 104 valence electrons. The quantitative estimate of drug-likeness (QED) is 0.914. The zero-order chi connectivity index (χ0) is 13.8. The summed E-state index contributed by atoms with van der Waals surface area (Å²) in [5.41, 5.74) is 7.06. The molecule has 0 aromatic heterocycles. The number of nitrogens with zero attached hydrogens (tertiary/aromatic N) is 2. The third-order valence-electron chi connectivity index (χ3n) is 3.66. The second-order valence-corrected chi connectivity index (χ2v) is 5.28. The average molecular weight is 282 g/mol. The van der Waals surface area contributed by atoms with E-state index in [1.165, 1.54) is 0 Å². The molecule has 1 aromatic carbocycles. The first-order valence-electron chi connectivity index (χ1n) is 6.57. The van der Waals surface area contributed by atoms with Gasteiger partial charge < -0.3 is 10.6 Å². The second-order valence-electron chi connectivity index (χ2n) is 4.85. The van der Waals surface area contributed by atoms with Crippen LogP contribution in [-0.4, -0.2) is 48.4 Å². The van der Waals surface area contributed by atoms with Crippen molar-refractivity contribution < 1.29 is 4.79 Å². The fourth-order valence-electron chi connectivity index (χ4n) is 2.56. The third-order valence-corrected chi connectivity index (χ3v) is 3.89. The lowest BCUT2D eigenvalue weighted by atomic mass is 10.0. The Balaban J connectivity index is 2.05. The molecule has 1 aliphatic rings. The fourth-order valence-corrected chi connectivity index (χ4v) is 2.76. The van der Waals surface area contributed by atoms with Crippen molar-refractivity contribution in [1.82, 2.24) is 9.80 Å². The van der Waals surface area contributed by atoms with Crippen molar-refractivity contribution in [2.24, 2.45) is 5.73 Å². The number of hydrogen-bond donors (Lipinski definition) is 1. The number of nitrogens with two attached hydrogens (primary N) is 1. The molecule has 2 N–H and O–H groups in total. The van der Waals surface area contributed by atoms with Gasteiger partial charge in [-0.15, -0.1) is 0 Å². The van der Waals surface area contributed by atoms with E-state index in [0.717, 1.165) is 36.8 Å². The first-order chi connectivity index (χ1) is 9.11. The third kappa shape index (κ3) is 3.47. The predicted octanol–water partition coefficient (Wildman–Crippen LogP) is 1.50. The largest absolute Gasteiger partial charge is 0.340 e. The van der Waals surface area contributed by atoms with Crippen LogP contribution < -0.4 is 5.73 Å². The maximum atomic E-state index is 11.3. The van der Waals surface area contributed by atoms with Crippen LogP contribution in [0.1, 0.15) is 18.5 Å². The number of carbonyl (C=O) groups is 1. The standard InChI is InChI=1S/C14H20ClN3O/c1-11(19)17-5-7-18(8-6-17)14(10-16)12-3-2-4-13(15)9-12/h2-4,9,14H,5-8,10,16H2,1H3. The molecular formula is C14H20ClN3O. The summed E-state index contributed by atoms with van der Waals surface area (Å²) < 4.78 is 0. The van der Waals surface area contributed by atoms with E-state index in [1.54, 1.807) is 6.92 Å². The van der Waals surface area contributed by atoms with Crippen LogP contribution >= 0.6 is 11.6 Å². The van der Waals surface area contributed by atoms with Crippen LogP contribution in [0.4, 0.5) is 0 Å². The Kier molecular flexibility index (Phi) is 4.80. The van der Waals surface area contributed by atoms with Gasteiger partial charge in [0, 0.05) is 50.7 Å². The Morgan fingerprint density at radius 3 is 2.58 bits per heavy atom. The summed E-state index contributed by atoms with van der Waals surface area (Å²) in [6, 6.07) is 8.02. The molecule has 0 bridgehead atoms. The summed E-state index contributed by atoms with van der Waals surface area (Å²) in [5.74, 6) is 0.145. The van der Waals surface area contributed by atoms with Crippen molar-refractivity contribution in [2.75, 3.05) is 32.7 Å². The molecule has 1 aliphatic heterocycles. The van der Waals surface area contributed by atoms with Crippen LogP contribution in [0, 0.1) is 0 Å². The van der Waals surface area contributed by atoms with Crippen molar-refractivity contribution in [3.05, 3.63) is 34.9 Å². The maximum Gasteiger partial charge on any atom is 0.219 e. The molecule has 1 amide bonds. The molecule has 2 rings (SSSR count). The summed E-state index contributed by atoms with van der Waals surface area (Å²) >= 11 is 6.04. The average Bonchev–Trinajstić information content (AvgIpc) is 2.40. The lowest BCUT2D eigenvalue weighted by Gasteiger charge is -2.38. The zero-order valence-corrected chi connectivity index (χ0v) is 11.9. The van der Waals surface area contributed by atoms with Crippen molar-refractivity contribution in [3.63, 3.8) is 0 Å². The van der Waals surface area contributed by atoms with Crippen molar-refractivity contribution in [1.29, 1.82) is 0 Å². The van der Waals surface area contributed by atoms with Gasteiger partial charge in [0.05, 0.1) is 0 Å². The Morgan fingerprint density at radius 2 is 2.05 bits per heavy atom. The van der Waals surface area contributed by atoms with E-state index in [-0.39, 0.29) is 11.9 Å². The number of halogens is 1. The van der Waals surface area contributed by atoms with Gasteiger partial charge in [0.2, 0.25) is 5.91 Å². The topological polar surface area (TPSA) is 49.6 Å². The monoisotopic (exact) mass is 281 g/mol. The van der Waals surface area contributed by atoms with Gasteiger partial charge in [-0.05, 0) is 17.7 Å². The van der Waals surface area contributed by atoms with E-state index in [1.807, 2.05) is 23.1 Å². The zero-order valence-electron chi connectivity index (χ0n) is 11.2. The molecule has 1 atom stereocenters. The summed E-state index contributed by atoms with van der Waals surface area (Å²) in [5, 5.41) is 0.735. The van der Waals surface area contributed by atoms with Crippen LogP contribution in [0.5, 0.6) is 0 Å². The van der Waals surface area contributed by atoms with Gasteiger partial charge in [-0.25, -0.2) is 0 Å². The number of hydrogen-bond acceptors (Lipinski definition) is 3. The molecular weight excluding hydrogens is 262 g/mol. The molecule has 1 aromatic rings. The number of benzene rings is 1. The van der Waals surface area contributed by atoms with E-state index in [4.69, 9.17) is 17.3 Å². The summed E-state index contributed by atoms with van der Waals surface area (Å²) in [6.45, 7) is 5.42. The minimum atomic E-state index is 0.145. The van der Waals surface area contributed by atoms with E-state index in [9.17, 15) is 4.79 Å². The molecule has 5 heteroatoms. The Bertz CT molecular complexity index is 444. The highest BCUT2D eigenvalue weighted by atomic mass is 35.5. The maximum absolute atomic E-state index is 11.3. The van der Waals surface area contributed by atoms with Gasteiger partial charge in [-0.1, -0.05) is 23.7 Å². The van der Waals surface area contributed by atoms with Crippen LogP contribution in [0.2, 0.25) is 5.02 Å². The highest BCUT2D eigenvalue weighted by molar-refractivity contribution is 6.30. The molecule has 0 radical (unpaired) electrons. The van der Waals surface area contributed by atoms with E-state index in [2.05, 4.69) is 11.0 Å². The Morgan fingerprint density at radius 1 is 1.37 bits per heavy atom. The van der Waals surface area contributed by atoms with E-state index >= 15 is 0 Å². The van der Waals surface area contributed by atoms with Crippen LogP contribution in [0.25, 0.3) is 0 Å².